The molecular weight excluding hydrogens is 428 g/mol. The topological polar surface area (TPSA) is 72.2 Å². The molecule has 1 aliphatic rings. The van der Waals surface area contributed by atoms with E-state index in [4.69, 9.17) is 9.47 Å². The number of aryl methyl sites for hydroxylation is 1. The molecule has 7 nitrogen and oxygen atoms in total. The molecule has 0 bridgehead atoms. The summed E-state index contributed by atoms with van der Waals surface area (Å²) in [5.41, 5.74) is 2.78. The molecule has 172 valence electrons. The summed E-state index contributed by atoms with van der Waals surface area (Å²) >= 11 is 0. The molecule has 0 unspecified atom stereocenters. The van der Waals surface area contributed by atoms with Crippen LogP contribution in [-0.4, -0.2) is 42.9 Å². The number of hydrogen-bond acceptors (Lipinski definition) is 7. The average molecular weight is 453 g/mol. The fraction of sp³-hybridized carbons (Fsp3) is 0.333. The largest absolute Gasteiger partial charge is 0.487 e. The van der Waals surface area contributed by atoms with E-state index in [-0.39, 0.29) is 24.8 Å². The Morgan fingerprint density at radius 1 is 1.09 bits per heavy atom. The van der Waals surface area contributed by atoms with Crippen LogP contribution in [-0.2, 0) is 17.7 Å². The van der Waals surface area contributed by atoms with Crippen LogP contribution in [0, 0.1) is 18.6 Å². The Balaban J connectivity index is 1.58. The predicted molar refractivity (Wildman–Crippen MR) is 120 cm³/mol. The Kier molecular flexibility index (Phi) is 7.51. The Bertz CT molecular complexity index is 1110. The molecule has 1 fully saturated rings. The van der Waals surface area contributed by atoms with Crippen molar-refractivity contribution < 1.29 is 18.3 Å². The first-order valence-corrected chi connectivity index (χ1v) is 10.8. The van der Waals surface area contributed by atoms with Crippen molar-refractivity contribution in [3.8, 4) is 5.75 Å². The molecule has 1 aliphatic heterocycles. The molecule has 0 radical (unpaired) electrons. The Labute approximate surface area is 191 Å². The highest BCUT2D eigenvalue weighted by molar-refractivity contribution is 5.54. The van der Waals surface area contributed by atoms with Crippen molar-refractivity contribution in [2.45, 2.75) is 19.9 Å². The van der Waals surface area contributed by atoms with E-state index >= 15 is 8.78 Å². The van der Waals surface area contributed by atoms with Crippen molar-refractivity contribution in [3.05, 3.63) is 77.1 Å². The van der Waals surface area contributed by atoms with E-state index in [9.17, 15) is 0 Å². The summed E-state index contributed by atoms with van der Waals surface area (Å²) in [6.07, 6.45) is 2.06. The normalized spacial score (nSPS) is 14.1. The van der Waals surface area contributed by atoms with Gasteiger partial charge in [-0.1, -0.05) is 35.9 Å². The maximum atomic E-state index is 15.3. The minimum atomic E-state index is -0.974. The van der Waals surface area contributed by atoms with Crippen LogP contribution in [0.1, 0.15) is 16.8 Å². The summed E-state index contributed by atoms with van der Waals surface area (Å²) in [4.78, 5) is 10.0. The van der Waals surface area contributed by atoms with Gasteiger partial charge in [0, 0.05) is 31.4 Å². The molecule has 0 N–H and O–H groups in total. The molecule has 1 saturated heterocycles. The van der Waals surface area contributed by atoms with E-state index < -0.39 is 17.4 Å². The lowest BCUT2D eigenvalue weighted by Crippen LogP contribution is -2.37. The summed E-state index contributed by atoms with van der Waals surface area (Å²) in [6.45, 7) is 4.01. The van der Waals surface area contributed by atoms with Crippen molar-refractivity contribution >= 4 is 11.6 Å². The molecule has 0 atom stereocenters. The number of azo groups is 1. The van der Waals surface area contributed by atoms with E-state index in [0.717, 1.165) is 16.8 Å². The van der Waals surface area contributed by atoms with Crippen molar-refractivity contribution in [1.29, 1.82) is 0 Å². The number of benzene rings is 1. The SMILES string of the molecule is Cc1cccc(CN=Nc2nc(N3CCOCC3)c(F)c(OCCc3ccccn3)c2F)c1. The van der Waals surface area contributed by atoms with Gasteiger partial charge in [0.05, 0.1) is 26.4 Å². The van der Waals surface area contributed by atoms with Gasteiger partial charge in [-0.3, -0.25) is 4.98 Å². The summed E-state index contributed by atoms with van der Waals surface area (Å²) in [6, 6.07) is 13.2. The second-order valence-electron chi connectivity index (χ2n) is 7.62. The van der Waals surface area contributed by atoms with Gasteiger partial charge in [-0.2, -0.15) is 13.9 Å². The molecule has 33 heavy (non-hydrogen) atoms. The third-order valence-corrected chi connectivity index (χ3v) is 5.15. The molecule has 0 spiro atoms. The zero-order chi connectivity index (χ0) is 23.0. The fourth-order valence-corrected chi connectivity index (χ4v) is 3.47. The number of morpholine rings is 1. The lowest BCUT2D eigenvalue weighted by molar-refractivity contribution is 0.122. The fourth-order valence-electron chi connectivity index (χ4n) is 3.47. The third-order valence-electron chi connectivity index (χ3n) is 5.15. The summed E-state index contributed by atoms with van der Waals surface area (Å²) in [7, 11) is 0. The van der Waals surface area contributed by atoms with E-state index in [1.165, 1.54) is 0 Å². The first-order chi connectivity index (χ1) is 16.1. The quantitative estimate of drug-likeness (QED) is 0.458. The predicted octanol–water partition coefficient (Wildman–Crippen LogP) is 4.81. The highest BCUT2D eigenvalue weighted by Crippen LogP contribution is 2.35. The second kappa shape index (κ2) is 10.9. The van der Waals surface area contributed by atoms with E-state index in [1.807, 2.05) is 43.3 Å². The molecule has 3 heterocycles. The van der Waals surface area contributed by atoms with E-state index in [2.05, 4.69) is 20.2 Å². The van der Waals surface area contributed by atoms with E-state index in [0.29, 0.717) is 32.7 Å². The van der Waals surface area contributed by atoms with Crippen LogP contribution in [0.3, 0.4) is 0 Å². The number of ether oxygens (including phenoxy) is 2. The van der Waals surface area contributed by atoms with Crippen molar-refractivity contribution in [2.75, 3.05) is 37.8 Å². The van der Waals surface area contributed by atoms with Gasteiger partial charge < -0.3 is 14.4 Å². The number of pyridine rings is 2. The number of hydrogen-bond donors (Lipinski definition) is 0. The van der Waals surface area contributed by atoms with Gasteiger partial charge >= 0.3 is 0 Å². The van der Waals surface area contributed by atoms with Crippen molar-refractivity contribution in [3.63, 3.8) is 0 Å². The van der Waals surface area contributed by atoms with Gasteiger partial charge in [0.1, 0.15) is 0 Å². The lowest BCUT2D eigenvalue weighted by Gasteiger charge is -2.28. The summed E-state index contributed by atoms with van der Waals surface area (Å²) in [5, 5.41) is 8.07. The first-order valence-electron chi connectivity index (χ1n) is 10.8. The molecule has 0 aliphatic carbocycles. The summed E-state index contributed by atoms with van der Waals surface area (Å²) in [5.74, 6) is -2.66. The van der Waals surface area contributed by atoms with Crippen molar-refractivity contribution in [2.24, 2.45) is 10.2 Å². The molecule has 1 aromatic carbocycles. The second-order valence-corrected chi connectivity index (χ2v) is 7.62. The Morgan fingerprint density at radius 2 is 1.94 bits per heavy atom. The number of anilines is 1. The molecular formula is C24H25F2N5O2. The van der Waals surface area contributed by atoms with Crippen LogP contribution in [0.2, 0.25) is 0 Å². The molecule has 4 rings (SSSR count). The summed E-state index contributed by atoms with van der Waals surface area (Å²) < 4.78 is 41.3. The zero-order valence-corrected chi connectivity index (χ0v) is 18.4. The minimum Gasteiger partial charge on any atom is -0.487 e. The maximum absolute atomic E-state index is 15.3. The highest BCUT2D eigenvalue weighted by atomic mass is 19.1. The standard InChI is InChI=1S/C24H25F2N5O2/c1-17-5-4-6-18(15-17)16-28-30-23-20(25)22(33-12-8-19-7-2-3-9-27-19)21(26)24(29-23)31-10-13-32-14-11-31/h2-7,9,15H,8,10-14,16H2,1H3. The molecule has 9 heteroatoms. The van der Waals surface area contributed by atoms with Crippen LogP contribution in [0.15, 0.2) is 58.9 Å². The van der Waals surface area contributed by atoms with E-state index in [1.54, 1.807) is 17.2 Å². The van der Waals surface area contributed by atoms with Crippen LogP contribution >= 0.6 is 0 Å². The number of nitrogens with zero attached hydrogens (tertiary/aromatic N) is 5. The minimum absolute atomic E-state index is 0.0166. The van der Waals surface area contributed by atoms with Crippen LogP contribution in [0.25, 0.3) is 0 Å². The highest BCUT2D eigenvalue weighted by Gasteiger charge is 2.26. The molecule has 3 aromatic rings. The lowest BCUT2D eigenvalue weighted by atomic mass is 10.1. The van der Waals surface area contributed by atoms with Gasteiger partial charge in [-0.15, -0.1) is 5.11 Å². The number of rotatable bonds is 8. The number of aromatic nitrogens is 2. The first kappa shape index (κ1) is 22.7. The van der Waals surface area contributed by atoms with Crippen LogP contribution < -0.4 is 9.64 Å². The van der Waals surface area contributed by atoms with Gasteiger partial charge in [-0.05, 0) is 24.6 Å². The van der Waals surface area contributed by atoms with Crippen LogP contribution in [0.4, 0.5) is 20.4 Å². The van der Waals surface area contributed by atoms with Gasteiger partial charge in [-0.25, -0.2) is 4.98 Å². The van der Waals surface area contributed by atoms with Crippen LogP contribution in [0.5, 0.6) is 5.75 Å². The van der Waals surface area contributed by atoms with Gasteiger partial charge in [0.25, 0.3) is 0 Å². The smallest absolute Gasteiger partial charge is 0.216 e. The zero-order valence-electron chi connectivity index (χ0n) is 18.4. The monoisotopic (exact) mass is 453 g/mol. The molecule has 0 amide bonds. The Hall–Kier alpha value is -3.46. The number of halogens is 2. The average Bonchev–Trinajstić information content (AvgIpc) is 2.84. The van der Waals surface area contributed by atoms with Crippen molar-refractivity contribution in [1.82, 2.24) is 9.97 Å². The third kappa shape index (κ3) is 5.87. The van der Waals surface area contributed by atoms with Gasteiger partial charge in [0.15, 0.2) is 11.6 Å². The maximum Gasteiger partial charge on any atom is 0.216 e. The van der Waals surface area contributed by atoms with Gasteiger partial charge in [0.2, 0.25) is 17.5 Å². The molecule has 2 aromatic heterocycles. The Morgan fingerprint density at radius 3 is 2.70 bits per heavy atom. The molecule has 0 saturated carbocycles.